The van der Waals surface area contributed by atoms with Crippen molar-refractivity contribution in [3.63, 3.8) is 0 Å². The van der Waals surface area contributed by atoms with Gasteiger partial charge in [-0.25, -0.2) is 0 Å². The third-order valence-corrected chi connectivity index (χ3v) is 17.5. The van der Waals surface area contributed by atoms with Gasteiger partial charge in [0.05, 0.1) is 33.1 Å². The van der Waals surface area contributed by atoms with E-state index < -0.39 is 0 Å². The first-order chi connectivity index (χ1) is 39.9. The van der Waals surface area contributed by atoms with Gasteiger partial charge >= 0.3 is 0 Å². The van der Waals surface area contributed by atoms with Crippen molar-refractivity contribution >= 4 is 186 Å². The molecule has 1 N–H and O–H groups in total. The number of furan rings is 2. The molecule has 0 aliphatic heterocycles. The molecule has 0 radical (unpaired) electrons. The van der Waals surface area contributed by atoms with Crippen LogP contribution in [0.5, 0.6) is 0 Å². The largest absolute Gasteiger partial charge is 0.456 e. The van der Waals surface area contributed by atoms with Gasteiger partial charge in [-0.1, -0.05) is 141 Å². The van der Waals surface area contributed by atoms with Crippen molar-refractivity contribution in [3.8, 4) is 17.1 Å². The highest BCUT2D eigenvalue weighted by atomic mass is 127. The van der Waals surface area contributed by atoms with Crippen molar-refractivity contribution in [1.82, 2.24) is 18.7 Å². The lowest BCUT2D eigenvalue weighted by atomic mass is 10.1. The van der Waals surface area contributed by atoms with E-state index in [0.717, 1.165) is 58.8 Å². The van der Waals surface area contributed by atoms with Gasteiger partial charge in [0.25, 0.3) is 0 Å². The van der Waals surface area contributed by atoms with Crippen LogP contribution < -0.4 is 0 Å². The molecule has 384 valence electrons. The average Bonchev–Trinajstić information content (AvgIpc) is 4.17. The van der Waals surface area contributed by atoms with Crippen molar-refractivity contribution in [2.45, 2.75) is 0 Å². The van der Waals surface area contributed by atoms with E-state index in [4.69, 9.17) is 8.83 Å². The van der Waals surface area contributed by atoms with Gasteiger partial charge in [0.1, 0.15) is 22.3 Å². The van der Waals surface area contributed by atoms with Gasteiger partial charge in [0.15, 0.2) is 0 Å². The Morgan fingerprint density at radius 2 is 0.605 bits per heavy atom. The van der Waals surface area contributed by atoms with Crippen molar-refractivity contribution in [2.75, 3.05) is 0 Å². The van der Waals surface area contributed by atoms with E-state index in [2.05, 4.69) is 298 Å². The van der Waals surface area contributed by atoms with E-state index in [1.165, 1.54) is 102 Å². The van der Waals surface area contributed by atoms with E-state index in [0.29, 0.717) is 0 Å². The molecule has 0 aliphatic carbocycles. The SMILES string of the molecule is Brc1ccc2oc3ccc(-n4c5ccccc5c5cc(-n6c7ccccc7c7ccccc76)ccc54)cc3c2c1.Brc1ccc2oc3ccc(I)cc3c2c1.c1ccc2c(c1)[nH]c1ccc(-n3c4ccccc4c4ccccc43)cc12. The number of benzene rings is 12. The van der Waals surface area contributed by atoms with Crippen molar-refractivity contribution in [2.24, 2.45) is 0 Å². The Hall–Kier alpha value is -8.87. The second kappa shape index (κ2) is 19.2. The van der Waals surface area contributed by atoms with Crippen LogP contribution in [0.1, 0.15) is 0 Å². The summed E-state index contributed by atoms with van der Waals surface area (Å²) in [7, 11) is 0. The van der Waals surface area contributed by atoms with Crippen LogP contribution >= 0.6 is 54.5 Å². The van der Waals surface area contributed by atoms with Crippen LogP contribution in [0.4, 0.5) is 0 Å². The number of hydrogen-bond donors (Lipinski definition) is 1. The molecule has 18 aromatic rings. The quantitative estimate of drug-likeness (QED) is 0.179. The zero-order valence-electron chi connectivity index (χ0n) is 43.0. The molecule has 0 unspecified atom stereocenters. The molecule has 6 nitrogen and oxygen atoms in total. The number of H-pyrrole nitrogens is 1. The minimum atomic E-state index is 0.895. The summed E-state index contributed by atoms with van der Waals surface area (Å²) in [4.78, 5) is 3.52. The van der Waals surface area contributed by atoms with Crippen LogP contribution in [0.15, 0.2) is 273 Å². The van der Waals surface area contributed by atoms with E-state index in [1.807, 2.05) is 30.3 Å². The molecule has 0 saturated heterocycles. The molecule has 0 fully saturated rings. The third-order valence-electron chi connectivity index (χ3n) is 15.9. The van der Waals surface area contributed by atoms with Crippen molar-refractivity contribution < 1.29 is 8.83 Å². The molecular weight excluding hydrogens is 1240 g/mol. The van der Waals surface area contributed by atoms with Gasteiger partial charge < -0.3 is 27.5 Å². The number of aromatic nitrogens is 4. The van der Waals surface area contributed by atoms with Gasteiger partial charge in [0.2, 0.25) is 0 Å². The molecule has 0 spiro atoms. The zero-order valence-corrected chi connectivity index (χ0v) is 48.4. The fourth-order valence-electron chi connectivity index (χ4n) is 12.4. The summed E-state index contributed by atoms with van der Waals surface area (Å²) >= 11 is 9.42. The van der Waals surface area contributed by atoms with Crippen LogP contribution in [-0.4, -0.2) is 18.7 Å². The number of hydrogen-bond acceptors (Lipinski definition) is 2. The Balaban J connectivity index is 0.000000112. The topological polar surface area (TPSA) is 56.9 Å². The normalized spacial score (nSPS) is 11.9. The zero-order chi connectivity index (χ0) is 53.9. The van der Waals surface area contributed by atoms with Crippen LogP contribution in [-0.2, 0) is 0 Å². The molecule has 6 aromatic heterocycles. The van der Waals surface area contributed by atoms with Gasteiger partial charge in [-0.3, -0.25) is 0 Å². The molecule has 0 atom stereocenters. The predicted octanol–water partition coefficient (Wildman–Crippen LogP) is 21.9. The molecule has 6 heterocycles. The van der Waals surface area contributed by atoms with E-state index >= 15 is 0 Å². The fourth-order valence-corrected chi connectivity index (χ4v) is 13.6. The number of aromatic amines is 1. The second-order valence-electron chi connectivity index (χ2n) is 20.5. The molecular formula is C72H43Br2IN4O2. The summed E-state index contributed by atoms with van der Waals surface area (Å²) in [5, 5.41) is 14.7. The van der Waals surface area contributed by atoms with Crippen LogP contribution in [0.2, 0.25) is 0 Å². The summed E-state index contributed by atoms with van der Waals surface area (Å²) in [6.07, 6.45) is 0. The molecule has 9 heteroatoms. The summed E-state index contributed by atoms with van der Waals surface area (Å²) in [5.74, 6) is 0. The van der Waals surface area contributed by atoms with E-state index in [-0.39, 0.29) is 0 Å². The molecule has 81 heavy (non-hydrogen) atoms. The van der Waals surface area contributed by atoms with Gasteiger partial charge in [-0.2, -0.15) is 0 Å². The monoisotopic (exact) mass is 1280 g/mol. The lowest BCUT2D eigenvalue weighted by molar-refractivity contribution is 0.668. The van der Waals surface area contributed by atoms with E-state index in [1.54, 1.807) is 0 Å². The van der Waals surface area contributed by atoms with Crippen molar-refractivity contribution in [3.05, 3.63) is 267 Å². The third kappa shape index (κ3) is 7.92. The van der Waals surface area contributed by atoms with Crippen LogP contribution in [0, 0.1) is 3.57 Å². The molecule has 0 bridgehead atoms. The Kier molecular flexibility index (Phi) is 11.4. The maximum atomic E-state index is 6.15. The second-order valence-corrected chi connectivity index (χ2v) is 23.6. The first-order valence-electron chi connectivity index (χ1n) is 26.8. The number of nitrogens with one attached hydrogen (secondary N) is 1. The van der Waals surface area contributed by atoms with Crippen LogP contribution in [0.25, 0.3) is 148 Å². The van der Waals surface area contributed by atoms with Gasteiger partial charge in [-0.05, 0) is 168 Å². The smallest absolute Gasteiger partial charge is 0.135 e. The molecule has 0 amide bonds. The molecule has 12 aromatic carbocycles. The van der Waals surface area contributed by atoms with Crippen LogP contribution in [0.3, 0.4) is 0 Å². The number of fused-ring (bicyclic) bond motifs is 18. The van der Waals surface area contributed by atoms with E-state index in [9.17, 15) is 0 Å². The Morgan fingerprint density at radius 3 is 1.11 bits per heavy atom. The van der Waals surface area contributed by atoms with Crippen molar-refractivity contribution in [1.29, 1.82) is 0 Å². The van der Waals surface area contributed by atoms with Gasteiger partial charge in [-0.15, -0.1) is 0 Å². The average molecular weight is 1280 g/mol. The Bertz CT molecular complexity index is 5400. The minimum Gasteiger partial charge on any atom is -0.456 e. The maximum Gasteiger partial charge on any atom is 0.135 e. The van der Waals surface area contributed by atoms with Gasteiger partial charge in [0, 0.05) is 105 Å². The number of rotatable bonds is 3. The summed E-state index contributed by atoms with van der Waals surface area (Å²) in [5.41, 5.74) is 16.8. The minimum absolute atomic E-state index is 0.895. The highest BCUT2D eigenvalue weighted by Gasteiger charge is 2.19. The molecule has 18 rings (SSSR count). The molecule has 0 saturated carbocycles. The first kappa shape index (κ1) is 48.1. The fraction of sp³-hybridized carbons (Fsp3) is 0. The summed E-state index contributed by atoms with van der Waals surface area (Å²) < 4.78 is 22.4. The predicted molar refractivity (Wildman–Crippen MR) is 354 cm³/mol. The summed E-state index contributed by atoms with van der Waals surface area (Å²) in [6.45, 7) is 0. The number of halogens is 3. The summed E-state index contributed by atoms with van der Waals surface area (Å²) in [6, 6.07) is 90.3. The lowest BCUT2D eigenvalue weighted by Gasteiger charge is -2.10. The maximum absolute atomic E-state index is 6.15. The highest BCUT2D eigenvalue weighted by molar-refractivity contribution is 14.1. The number of nitrogens with zero attached hydrogens (tertiary/aromatic N) is 3. The lowest BCUT2D eigenvalue weighted by Crippen LogP contribution is -1.95. The first-order valence-corrected chi connectivity index (χ1v) is 29.5. The Labute approximate surface area is 493 Å². The number of para-hydroxylation sites is 6. The standard InChI is InChI=1S/C36H21BrN2O.C24H16N2.C12H6BrIO/c37-22-13-17-35-29(19-22)30-21-24(15-18-36(30)40-35)39-33-12-6-3-9-27(33)28-20-23(14-16-34(28)39)38-31-10-4-1-7-25(31)26-8-2-5-11-32(26)38;1-4-10-21-17(7-1)20-15-16(13-14-22(20)25-21)26-23-11-5-2-8-18(23)19-9-3-6-12-24(19)26;13-7-1-3-11-9(5-7)10-6-8(14)2-4-12(10)15-11/h1-21H;1-15,25H;1-6H. The highest BCUT2D eigenvalue weighted by Crippen LogP contribution is 2.40. The molecule has 0 aliphatic rings. The Morgan fingerprint density at radius 1 is 0.272 bits per heavy atom.